The van der Waals surface area contributed by atoms with Gasteiger partial charge in [0, 0.05) is 6.04 Å². The molecule has 0 radical (unpaired) electrons. The minimum atomic E-state index is -3.90. The van der Waals surface area contributed by atoms with Crippen molar-refractivity contribution >= 4 is 16.0 Å². The number of rotatable bonds is 4. The molecule has 0 aromatic heterocycles. The monoisotopic (exact) mass is 312 g/mol. The van der Waals surface area contributed by atoms with Crippen LogP contribution in [0.5, 0.6) is 0 Å². The Morgan fingerprint density at radius 3 is 2.71 bits per heavy atom. The molecule has 0 bridgehead atoms. The van der Waals surface area contributed by atoms with Gasteiger partial charge in [-0.25, -0.2) is 17.5 Å². The Morgan fingerprint density at radius 1 is 1.43 bits per heavy atom. The molecule has 1 aromatic rings. The molecule has 1 saturated carbocycles. The van der Waals surface area contributed by atoms with Gasteiger partial charge in [-0.3, -0.25) is 4.79 Å². The number of carboxylic acids is 1. The van der Waals surface area contributed by atoms with E-state index in [1.54, 1.807) is 6.07 Å². The zero-order valence-corrected chi connectivity index (χ0v) is 11.7. The third-order valence-corrected chi connectivity index (χ3v) is 4.99. The van der Waals surface area contributed by atoms with Crippen LogP contribution in [-0.2, 0) is 14.8 Å². The first-order chi connectivity index (χ1) is 9.83. The van der Waals surface area contributed by atoms with Crippen LogP contribution in [0.1, 0.15) is 24.8 Å². The zero-order chi connectivity index (χ0) is 15.6. The van der Waals surface area contributed by atoms with Crippen LogP contribution in [0, 0.1) is 23.1 Å². The first kappa shape index (κ1) is 15.4. The summed E-state index contributed by atoms with van der Waals surface area (Å²) in [5, 5.41) is 17.6. The van der Waals surface area contributed by atoms with Crippen LogP contribution in [0.25, 0.3) is 0 Å². The Morgan fingerprint density at radius 2 is 2.14 bits per heavy atom. The van der Waals surface area contributed by atoms with Crippen LogP contribution in [0.2, 0.25) is 0 Å². The molecule has 21 heavy (non-hydrogen) atoms. The maximum Gasteiger partial charge on any atom is 0.306 e. The lowest BCUT2D eigenvalue weighted by Gasteiger charge is -2.13. The molecule has 8 heteroatoms. The van der Waals surface area contributed by atoms with E-state index in [0.29, 0.717) is 12.8 Å². The number of hydrogen-bond acceptors (Lipinski definition) is 4. The maximum absolute atomic E-state index is 13.2. The predicted octanol–water partition coefficient (Wildman–Crippen LogP) is 1.23. The molecule has 1 fully saturated rings. The Balaban J connectivity index is 2.16. The molecule has 0 amide bonds. The van der Waals surface area contributed by atoms with Crippen LogP contribution in [0.3, 0.4) is 0 Å². The summed E-state index contributed by atoms with van der Waals surface area (Å²) in [6.45, 7) is 0. The Bertz CT molecular complexity index is 711. The smallest absolute Gasteiger partial charge is 0.306 e. The lowest BCUT2D eigenvalue weighted by molar-refractivity contribution is -0.141. The highest BCUT2D eigenvalue weighted by Gasteiger charge is 2.32. The highest BCUT2D eigenvalue weighted by molar-refractivity contribution is 7.89. The molecule has 2 atom stereocenters. The molecule has 0 heterocycles. The quantitative estimate of drug-likeness (QED) is 0.869. The van der Waals surface area contributed by atoms with Gasteiger partial charge in [0.1, 0.15) is 11.9 Å². The third kappa shape index (κ3) is 3.37. The second-order valence-electron chi connectivity index (χ2n) is 4.92. The van der Waals surface area contributed by atoms with Crippen molar-refractivity contribution in [1.82, 2.24) is 4.72 Å². The summed E-state index contributed by atoms with van der Waals surface area (Å²) in [4.78, 5) is 10.6. The minimum Gasteiger partial charge on any atom is -0.481 e. The number of sulfonamides is 1. The highest BCUT2D eigenvalue weighted by atomic mass is 32.2. The van der Waals surface area contributed by atoms with Crippen LogP contribution in [0.4, 0.5) is 4.39 Å². The van der Waals surface area contributed by atoms with Gasteiger partial charge < -0.3 is 5.11 Å². The van der Waals surface area contributed by atoms with Gasteiger partial charge in [-0.05, 0) is 37.5 Å². The lowest BCUT2D eigenvalue weighted by atomic mass is 10.1. The number of hydrogen-bond donors (Lipinski definition) is 2. The topological polar surface area (TPSA) is 107 Å². The molecule has 1 aliphatic carbocycles. The van der Waals surface area contributed by atoms with Crippen LogP contribution >= 0.6 is 0 Å². The Labute approximate surface area is 121 Å². The second kappa shape index (κ2) is 5.79. The van der Waals surface area contributed by atoms with Gasteiger partial charge in [-0.15, -0.1) is 0 Å². The van der Waals surface area contributed by atoms with Crippen molar-refractivity contribution < 1.29 is 22.7 Å². The van der Waals surface area contributed by atoms with Crippen molar-refractivity contribution in [2.75, 3.05) is 0 Å². The van der Waals surface area contributed by atoms with Gasteiger partial charge in [0.25, 0.3) is 0 Å². The van der Waals surface area contributed by atoms with Gasteiger partial charge >= 0.3 is 5.97 Å². The molecule has 0 unspecified atom stereocenters. The number of nitrogens with zero attached hydrogens (tertiary/aromatic N) is 1. The van der Waals surface area contributed by atoms with Gasteiger partial charge in [-0.1, -0.05) is 0 Å². The SMILES string of the molecule is N#Cc1cc(S(=O)(=O)N[C@H]2CC[C@@H](C(=O)O)C2)ccc1F. The van der Waals surface area contributed by atoms with Crippen molar-refractivity contribution in [2.24, 2.45) is 5.92 Å². The number of nitriles is 1. The summed E-state index contributed by atoms with van der Waals surface area (Å²) in [5.41, 5.74) is -0.354. The molecule has 2 rings (SSSR count). The van der Waals surface area contributed by atoms with E-state index in [-0.39, 0.29) is 16.9 Å². The van der Waals surface area contributed by atoms with Crippen LogP contribution in [-0.4, -0.2) is 25.5 Å². The first-order valence-electron chi connectivity index (χ1n) is 6.28. The maximum atomic E-state index is 13.2. The van der Waals surface area contributed by atoms with Crippen molar-refractivity contribution in [3.8, 4) is 6.07 Å². The molecule has 1 aliphatic rings. The molecular formula is C13H13FN2O4S. The summed E-state index contributed by atoms with van der Waals surface area (Å²) in [7, 11) is -3.90. The number of halogens is 1. The average molecular weight is 312 g/mol. The first-order valence-corrected chi connectivity index (χ1v) is 7.76. The van der Waals surface area contributed by atoms with E-state index in [1.807, 2.05) is 0 Å². The summed E-state index contributed by atoms with van der Waals surface area (Å²) in [6.07, 6.45) is 1.07. The predicted molar refractivity (Wildman–Crippen MR) is 70.2 cm³/mol. The van der Waals surface area contributed by atoms with E-state index in [9.17, 15) is 17.6 Å². The van der Waals surface area contributed by atoms with Gasteiger partial charge in [0.05, 0.1) is 16.4 Å². The minimum absolute atomic E-state index is 0.209. The molecule has 0 aliphatic heterocycles. The number of nitrogens with one attached hydrogen (secondary N) is 1. The molecule has 2 N–H and O–H groups in total. The number of benzene rings is 1. The molecule has 0 spiro atoms. The fourth-order valence-electron chi connectivity index (χ4n) is 2.36. The van der Waals surface area contributed by atoms with Crippen molar-refractivity contribution in [1.29, 1.82) is 5.26 Å². The Kier molecular flexibility index (Phi) is 4.25. The summed E-state index contributed by atoms with van der Waals surface area (Å²) < 4.78 is 39.9. The normalized spacial score (nSPS) is 21.9. The highest BCUT2D eigenvalue weighted by Crippen LogP contribution is 2.27. The van der Waals surface area contributed by atoms with Crippen molar-refractivity contribution in [2.45, 2.75) is 30.2 Å². The van der Waals surface area contributed by atoms with E-state index >= 15 is 0 Å². The van der Waals surface area contributed by atoms with E-state index in [2.05, 4.69) is 4.72 Å². The number of aliphatic carboxylic acids is 1. The largest absolute Gasteiger partial charge is 0.481 e. The van der Waals surface area contributed by atoms with Crippen molar-refractivity contribution in [3.63, 3.8) is 0 Å². The van der Waals surface area contributed by atoms with Crippen molar-refractivity contribution in [3.05, 3.63) is 29.6 Å². The molecule has 6 nitrogen and oxygen atoms in total. The lowest BCUT2D eigenvalue weighted by Crippen LogP contribution is -2.33. The van der Waals surface area contributed by atoms with Crippen LogP contribution in [0.15, 0.2) is 23.1 Å². The van der Waals surface area contributed by atoms with Gasteiger partial charge in [-0.2, -0.15) is 5.26 Å². The summed E-state index contributed by atoms with van der Waals surface area (Å²) in [5.74, 6) is -2.28. The second-order valence-corrected chi connectivity index (χ2v) is 6.63. The van der Waals surface area contributed by atoms with E-state index in [4.69, 9.17) is 10.4 Å². The van der Waals surface area contributed by atoms with Crippen LogP contribution < -0.4 is 4.72 Å². The summed E-state index contributed by atoms with van der Waals surface area (Å²) >= 11 is 0. The van der Waals surface area contributed by atoms with Gasteiger partial charge in [0.15, 0.2) is 0 Å². The standard InChI is InChI=1S/C13H13FN2O4S/c14-12-4-3-11(6-9(12)7-15)21(19,20)16-10-2-1-8(5-10)13(17)18/h3-4,6,8,10,16H,1-2,5H2,(H,17,18)/t8-,10+/m1/s1. The molecule has 112 valence electrons. The fourth-order valence-corrected chi connectivity index (χ4v) is 3.67. The molecule has 0 saturated heterocycles. The Hall–Kier alpha value is -1.98. The van der Waals surface area contributed by atoms with E-state index in [0.717, 1.165) is 18.2 Å². The number of carboxylic acid groups (broad SMARTS) is 1. The van der Waals surface area contributed by atoms with E-state index < -0.39 is 33.8 Å². The van der Waals surface area contributed by atoms with Gasteiger partial charge in [0.2, 0.25) is 10.0 Å². The number of carbonyl (C=O) groups is 1. The molecule has 1 aromatic carbocycles. The zero-order valence-electron chi connectivity index (χ0n) is 10.9. The third-order valence-electron chi connectivity index (χ3n) is 3.47. The van der Waals surface area contributed by atoms with E-state index in [1.165, 1.54) is 0 Å². The summed E-state index contributed by atoms with van der Waals surface area (Å²) in [6, 6.07) is 4.06. The average Bonchev–Trinajstić information content (AvgIpc) is 2.87. The molecular weight excluding hydrogens is 299 g/mol. The fraction of sp³-hybridized carbons (Fsp3) is 0.385.